The van der Waals surface area contributed by atoms with E-state index in [2.05, 4.69) is 9.97 Å². The molecular formula is C19H16ClN5O2. The molecule has 0 amide bonds. The van der Waals surface area contributed by atoms with Gasteiger partial charge in [0.2, 0.25) is 5.95 Å². The number of methoxy groups -OCH3 is 1. The Balaban J connectivity index is 2.00. The van der Waals surface area contributed by atoms with E-state index in [1.165, 1.54) is 0 Å². The van der Waals surface area contributed by atoms with E-state index in [0.717, 1.165) is 5.56 Å². The van der Waals surface area contributed by atoms with Crippen LogP contribution in [0.4, 0.5) is 11.8 Å². The topological polar surface area (TPSA) is 120 Å². The molecule has 0 atom stereocenters. The SMILES string of the molecule is COc1ccc(-c2nc(N)nc(N)c2C#N)cc1OCc1ccccc1Cl. The van der Waals surface area contributed by atoms with Crippen molar-refractivity contribution in [1.82, 2.24) is 9.97 Å². The number of nitriles is 1. The number of rotatable bonds is 5. The lowest BCUT2D eigenvalue weighted by Gasteiger charge is -2.14. The van der Waals surface area contributed by atoms with Crippen molar-refractivity contribution >= 4 is 23.4 Å². The van der Waals surface area contributed by atoms with Gasteiger partial charge in [-0.05, 0) is 24.3 Å². The summed E-state index contributed by atoms with van der Waals surface area (Å²) in [6, 6.07) is 14.6. The highest BCUT2D eigenvalue weighted by atomic mass is 35.5. The molecule has 3 rings (SSSR count). The third-order valence-electron chi connectivity index (χ3n) is 3.84. The molecule has 1 heterocycles. The van der Waals surface area contributed by atoms with Gasteiger partial charge in [-0.15, -0.1) is 0 Å². The lowest BCUT2D eigenvalue weighted by Crippen LogP contribution is -2.05. The Morgan fingerprint density at radius 3 is 2.59 bits per heavy atom. The van der Waals surface area contributed by atoms with Gasteiger partial charge in [0.25, 0.3) is 0 Å². The summed E-state index contributed by atoms with van der Waals surface area (Å²) in [5.41, 5.74) is 13.4. The van der Waals surface area contributed by atoms with Crippen molar-refractivity contribution in [3.05, 3.63) is 58.6 Å². The molecule has 0 fully saturated rings. The molecule has 8 heteroatoms. The highest BCUT2D eigenvalue weighted by Crippen LogP contribution is 2.35. The zero-order chi connectivity index (χ0) is 19.4. The van der Waals surface area contributed by atoms with Crippen LogP contribution in [0.3, 0.4) is 0 Å². The molecule has 0 aliphatic carbocycles. The predicted octanol–water partition coefficient (Wildman–Crippen LogP) is 3.42. The summed E-state index contributed by atoms with van der Waals surface area (Å²) in [5, 5.41) is 9.99. The van der Waals surface area contributed by atoms with E-state index >= 15 is 0 Å². The minimum atomic E-state index is -0.0177. The molecule has 7 nitrogen and oxygen atoms in total. The lowest BCUT2D eigenvalue weighted by atomic mass is 10.1. The summed E-state index contributed by atoms with van der Waals surface area (Å²) in [4.78, 5) is 7.97. The largest absolute Gasteiger partial charge is 0.493 e. The smallest absolute Gasteiger partial charge is 0.222 e. The van der Waals surface area contributed by atoms with Gasteiger partial charge in [0, 0.05) is 16.1 Å². The number of ether oxygens (including phenoxy) is 2. The molecule has 2 aromatic carbocycles. The molecule has 0 bridgehead atoms. The minimum absolute atomic E-state index is 0.0177. The zero-order valence-corrected chi connectivity index (χ0v) is 15.2. The third-order valence-corrected chi connectivity index (χ3v) is 4.21. The molecule has 0 spiro atoms. The van der Waals surface area contributed by atoms with E-state index in [1.54, 1.807) is 31.4 Å². The lowest BCUT2D eigenvalue weighted by molar-refractivity contribution is 0.285. The molecule has 0 saturated carbocycles. The Kier molecular flexibility index (Phi) is 5.29. The summed E-state index contributed by atoms with van der Waals surface area (Å²) >= 11 is 6.17. The highest BCUT2D eigenvalue weighted by molar-refractivity contribution is 6.31. The Morgan fingerprint density at radius 1 is 1.11 bits per heavy atom. The first-order chi connectivity index (χ1) is 13.0. The molecular weight excluding hydrogens is 366 g/mol. The van der Waals surface area contributed by atoms with Gasteiger partial charge in [-0.3, -0.25) is 0 Å². The van der Waals surface area contributed by atoms with Crippen molar-refractivity contribution in [2.75, 3.05) is 18.6 Å². The average molecular weight is 382 g/mol. The summed E-state index contributed by atoms with van der Waals surface area (Å²) in [7, 11) is 1.54. The van der Waals surface area contributed by atoms with Crippen molar-refractivity contribution < 1.29 is 9.47 Å². The second-order valence-electron chi connectivity index (χ2n) is 5.55. The number of aromatic nitrogens is 2. The monoisotopic (exact) mass is 381 g/mol. The Morgan fingerprint density at radius 2 is 1.89 bits per heavy atom. The van der Waals surface area contributed by atoms with Gasteiger partial charge in [-0.2, -0.15) is 10.2 Å². The van der Waals surface area contributed by atoms with Crippen LogP contribution in [0, 0.1) is 11.3 Å². The van der Waals surface area contributed by atoms with Crippen molar-refractivity contribution in [1.29, 1.82) is 5.26 Å². The van der Waals surface area contributed by atoms with Gasteiger partial charge in [-0.1, -0.05) is 29.8 Å². The predicted molar refractivity (Wildman–Crippen MR) is 103 cm³/mol. The van der Waals surface area contributed by atoms with E-state index in [9.17, 15) is 5.26 Å². The van der Waals surface area contributed by atoms with Crippen LogP contribution in [0.15, 0.2) is 42.5 Å². The molecule has 0 unspecified atom stereocenters. The third kappa shape index (κ3) is 3.86. The van der Waals surface area contributed by atoms with Crippen LogP contribution in [0.25, 0.3) is 11.3 Å². The molecule has 27 heavy (non-hydrogen) atoms. The van der Waals surface area contributed by atoms with E-state index in [1.807, 2.05) is 24.3 Å². The van der Waals surface area contributed by atoms with Crippen LogP contribution < -0.4 is 20.9 Å². The van der Waals surface area contributed by atoms with Crippen LogP contribution in [0.2, 0.25) is 5.02 Å². The number of hydrogen-bond donors (Lipinski definition) is 2. The molecule has 3 aromatic rings. The number of hydrogen-bond acceptors (Lipinski definition) is 7. The maximum absolute atomic E-state index is 9.38. The first kappa shape index (κ1) is 18.3. The molecule has 0 aliphatic heterocycles. The second-order valence-corrected chi connectivity index (χ2v) is 5.96. The maximum Gasteiger partial charge on any atom is 0.222 e. The van der Waals surface area contributed by atoms with Gasteiger partial charge in [0.1, 0.15) is 24.1 Å². The second kappa shape index (κ2) is 7.81. The Hall–Kier alpha value is -3.50. The van der Waals surface area contributed by atoms with Crippen LogP contribution >= 0.6 is 11.6 Å². The first-order valence-electron chi connectivity index (χ1n) is 7.91. The molecule has 0 saturated heterocycles. The number of halogens is 1. The standard InChI is InChI=1S/C19H16ClN5O2/c1-26-15-7-6-11(17-13(9-21)18(22)25-19(23)24-17)8-16(15)27-10-12-4-2-3-5-14(12)20/h2-8H,10H2,1H3,(H4,22,23,24,25). The quantitative estimate of drug-likeness (QED) is 0.694. The minimum Gasteiger partial charge on any atom is -0.493 e. The number of nitrogens with zero attached hydrogens (tertiary/aromatic N) is 3. The average Bonchev–Trinajstić information content (AvgIpc) is 2.66. The van der Waals surface area contributed by atoms with E-state index in [-0.39, 0.29) is 23.9 Å². The summed E-state index contributed by atoms with van der Waals surface area (Å²) in [6.07, 6.45) is 0. The van der Waals surface area contributed by atoms with Gasteiger partial charge < -0.3 is 20.9 Å². The van der Waals surface area contributed by atoms with Crippen molar-refractivity contribution in [2.45, 2.75) is 6.61 Å². The zero-order valence-electron chi connectivity index (χ0n) is 14.4. The number of benzene rings is 2. The maximum atomic E-state index is 9.38. The molecule has 136 valence electrons. The summed E-state index contributed by atoms with van der Waals surface area (Å²) in [5.74, 6) is 0.999. The van der Waals surface area contributed by atoms with E-state index < -0.39 is 0 Å². The van der Waals surface area contributed by atoms with Crippen LogP contribution in [0.1, 0.15) is 11.1 Å². The van der Waals surface area contributed by atoms with Gasteiger partial charge >= 0.3 is 0 Å². The first-order valence-corrected chi connectivity index (χ1v) is 8.29. The fraction of sp³-hybridized carbons (Fsp3) is 0.105. The highest BCUT2D eigenvalue weighted by Gasteiger charge is 2.16. The Labute approximate surface area is 161 Å². The van der Waals surface area contributed by atoms with Crippen molar-refractivity contribution in [3.63, 3.8) is 0 Å². The Bertz CT molecular complexity index is 1030. The molecule has 0 aliphatic rings. The van der Waals surface area contributed by atoms with Crippen LogP contribution in [-0.4, -0.2) is 17.1 Å². The number of anilines is 2. The van der Waals surface area contributed by atoms with Crippen LogP contribution in [0.5, 0.6) is 11.5 Å². The number of nitrogens with two attached hydrogens (primary N) is 2. The number of nitrogen functional groups attached to an aromatic ring is 2. The van der Waals surface area contributed by atoms with Crippen molar-refractivity contribution in [2.24, 2.45) is 0 Å². The normalized spacial score (nSPS) is 10.3. The molecule has 4 N–H and O–H groups in total. The summed E-state index contributed by atoms with van der Waals surface area (Å²) < 4.78 is 11.2. The molecule has 1 aromatic heterocycles. The van der Waals surface area contributed by atoms with Gasteiger partial charge in [-0.25, -0.2) is 4.98 Å². The summed E-state index contributed by atoms with van der Waals surface area (Å²) in [6.45, 7) is 0.249. The van der Waals surface area contributed by atoms with E-state index in [4.69, 9.17) is 32.5 Å². The van der Waals surface area contributed by atoms with E-state index in [0.29, 0.717) is 27.8 Å². The van der Waals surface area contributed by atoms with Crippen LogP contribution in [-0.2, 0) is 6.61 Å². The van der Waals surface area contributed by atoms with Gasteiger partial charge in [0.15, 0.2) is 11.5 Å². The fourth-order valence-electron chi connectivity index (χ4n) is 2.52. The fourth-order valence-corrected chi connectivity index (χ4v) is 2.71. The van der Waals surface area contributed by atoms with Crippen molar-refractivity contribution in [3.8, 4) is 28.8 Å². The van der Waals surface area contributed by atoms with Gasteiger partial charge in [0.05, 0.1) is 12.8 Å². The molecule has 0 radical (unpaired) electrons.